The first-order chi connectivity index (χ1) is 9.72. The van der Waals surface area contributed by atoms with Crippen LogP contribution in [0.2, 0.25) is 0 Å². The summed E-state index contributed by atoms with van der Waals surface area (Å²) in [6.45, 7) is 12.3. The number of piperazine rings is 1. The van der Waals surface area contributed by atoms with Gasteiger partial charge >= 0.3 is 0 Å². The molecule has 1 saturated heterocycles. The summed E-state index contributed by atoms with van der Waals surface area (Å²) in [6, 6.07) is 0. The summed E-state index contributed by atoms with van der Waals surface area (Å²) >= 11 is 1.90. The topological polar surface area (TPSA) is 31.4 Å². The molecular weight excluding hydrogens is 268 g/mol. The van der Waals surface area contributed by atoms with Crippen LogP contribution in [0.1, 0.15) is 29.4 Å². The minimum atomic E-state index is 0.978. The fraction of sp³-hybridized carbons (Fsp3) is 0.800. The number of nitrogens with zero attached hydrogens (tertiary/aromatic N) is 3. The van der Waals surface area contributed by atoms with Crippen molar-refractivity contribution in [3.05, 3.63) is 15.6 Å². The molecule has 0 spiro atoms. The van der Waals surface area contributed by atoms with Crippen molar-refractivity contribution in [3.63, 3.8) is 0 Å². The van der Waals surface area contributed by atoms with Gasteiger partial charge in [0.2, 0.25) is 0 Å². The van der Waals surface area contributed by atoms with Gasteiger partial charge in [0.15, 0.2) is 0 Å². The van der Waals surface area contributed by atoms with Crippen molar-refractivity contribution < 1.29 is 0 Å². The largest absolute Gasteiger partial charge is 0.312 e. The van der Waals surface area contributed by atoms with Gasteiger partial charge in [-0.3, -0.25) is 0 Å². The number of nitrogens with one attached hydrogen (secondary N) is 1. The monoisotopic (exact) mass is 296 g/mol. The van der Waals surface area contributed by atoms with Crippen LogP contribution in [0.4, 0.5) is 0 Å². The molecule has 0 bridgehead atoms. The van der Waals surface area contributed by atoms with E-state index in [2.05, 4.69) is 36.0 Å². The summed E-state index contributed by atoms with van der Waals surface area (Å²) in [7, 11) is 2.21. The Kier molecular flexibility index (Phi) is 6.42. The molecule has 0 atom stereocenters. The second-order valence-corrected chi connectivity index (χ2v) is 6.67. The lowest BCUT2D eigenvalue weighted by molar-refractivity contribution is 0.155. The zero-order chi connectivity index (χ0) is 14.4. The summed E-state index contributed by atoms with van der Waals surface area (Å²) in [5, 5.41) is 4.73. The van der Waals surface area contributed by atoms with E-state index in [1.165, 1.54) is 41.8 Å². The first kappa shape index (κ1) is 15.9. The van der Waals surface area contributed by atoms with Crippen LogP contribution in [0.5, 0.6) is 0 Å². The van der Waals surface area contributed by atoms with Crippen LogP contribution < -0.4 is 5.32 Å². The normalized spacial score (nSPS) is 17.8. The van der Waals surface area contributed by atoms with Gasteiger partial charge in [0.05, 0.1) is 10.7 Å². The van der Waals surface area contributed by atoms with Gasteiger partial charge in [-0.25, -0.2) is 4.98 Å². The van der Waals surface area contributed by atoms with Gasteiger partial charge in [-0.15, -0.1) is 11.3 Å². The van der Waals surface area contributed by atoms with Crippen LogP contribution in [0.25, 0.3) is 0 Å². The number of hydrogen-bond acceptors (Lipinski definition) is 5. The molecule has 0 saturated carbocycles. The van der Waals surface area contributed by atoms with Crippen LogP contribution in [0.15, 0.2) is 0 Å². The van der Waals surface area contributed by atoms with Crippen molar-refractivity contribution >= 4 is 11.3 Å². The SMILES string of the molecule is CCNCc1sc(CCN2CCN(C)CC2)nc1CC. The highest BCUT2D eigenvalue weighted by molar-refractivity contribution is 7.11. The highest BCUT2D eigenvalue weighted by atomic mass is 32.1. The van der Waals surface area contributed by atoms with E-state index in [4.69, 9.17) is 4.98 Å². The van der Waals surface area contributed by atoms with Gasteiger partial charge in [0.1, 0.15) is 0 Å². The quantitative estimate of drug-likeness (QED) is 0.828. The molecule has 2 heterocycles. The molecule has 0 aromatic carbocycles. The van der Waals surface area contributed by atoms with Crippen LogP contribution in [0.3, 0.4) is 0 Å². The van der Waals surface area contributed by atoms with E-state index >= 15 is 0 Å². The third-order valence-corrected chi connectivity index (χ3v) is 5.09. The Bertz CT molecular complexity index is 397. The number of likely N-dealkylation sites (N-methyl/N-ethyl adjacent to an activating group) is 1. The number of aromatic nitrogens is 1. The number of aryl methyl sites for hydroxylation is 1. The summed E-state index contributed by atoms with van der Waals surface area (Å²) in [5.41, 5.74) is 1.30. The van der Waals surface area contributed by atoms with Gasteiger partial charge in [0, 0.05) is 50.6 Å². The fourth-order valence-corrected chi connectivity index (χ4v) is 3.64. The molecule has 0 aliphatic carbocycles. The average Bonchev–Trinajstić information content (AvgIpc) is 2.87. The molecule has 1 N–H and O–H groups in total. The van der Waals surface area contributed by atoms with Crippen LogP contribution in [-0.2, 0) is 19.4 Å². The lowest BCUT2D eigenvalue weighted by Crippen LogP contribution is -2.45. The summed E-state index contributed by atoms with van der Waals surface area (Å²) in [4.78, 5) is 11.2. The first-order valence-corrected chi connectivity index (χ1v) is 8.63. The Morgan fingerprint density at radius 1 is 1.20 bits per heavy atom. The van der Waals surface area contributed by atoms with Crippen molar-refractivity contribution in [2.24, 2.45) is 0 Å². The van der Waals surface area contributed by atoms with Crippen molar-refractivity contribution in [1.82, 2.24) is 20.1 Å². The lowest BCUT2D eigenvalue weighted by Gasteiger charge is -2.32. The lowest BCUT2D eigenvalue weighted by atomic mass is 10.3. The molecule has 1 aromatic rings. The second-order valence-electron chi connectivity index (χ2n) is 5.51. The number of rotatable bonds is 7. The molecule has 5 heteroatoms. The molecule has 0 radical (unpaired) electrons. The van der Waals surface area contributed by atoms with Gasteiger partial charge in [-0.1, -0.05) is 13.8 Å². The van der Waals surface area contributed by atoms with Gasteiger partial charge in [-0.2, -0.15) is 0 Å². The molecule has 4 nitrogen and oxygen atoms in total. The molecule has 20 heavy (non-hydrogen) atoms. The van der Waals surface area contributed by atoms with Crippen molar-refractivity contribution in [2.75, 3.05) is 46.3 Å². The Labute approximate surface area is 127 Å². The van der Waals surface area contributed by atoms with Gasteiger partial charge in [0.25, 0.3) is 0 Å². The maximum Gasteiger partial charge on any atom is 0.0944 e. The van der Waals surface area contributed by atoms with E-state index in [9.17, 15) is 0 Å². The minimum Gasteiger partial charge on any atom is -0.312 e. The van der Waals surface area contributed by atoms with E-state index in [0.717, 1.165) is 32.5 Å². The number of thiazole rings is 1. The Hall–Kier alpha value is -0.490. The molecule has 0 unspecified atom stereocenters. The molecule has 1 aliphatic heterocycles. The highest BCUT2D eigenvalue weighted by Crippen LogP contribution is 2.20. The van der Waals surface area contributed by atoms with Crippen molar-refractivity contribution in [1.29, 1.82) is 0 Å². The Morgan fingerprint density at radius 2 is 1.95 bits per heavy atom. The smallest absolute Gasteiger partial charge is 0.0944 e. The molecule has 1 aliphatic rings. The zero-order valence-corrected chi connectivity index (χ0v) is 13.9. The maximum absolute atomic E-state index is 4.82. The molecule has 114 valence electrons. The molecule has 0 amide bonds. The van der Waals surface area contributed by atoms with E-state index in [0.29, 0.717) is 0 Å². The maximum atomic E-state index is 4.82. The van der Waals surface area contributed by atoms with E-state index < -0.39 is 0 Å². The third-order valence-electron chi connectivity index (χ3n) is 3.93. The fourth-order valence-electron chi connectivity index (χ4n) is 2.52. The van der Waals surface area contributed by atoms with E-state index in [-0.39, 0.29) is 0 Å². The van der Waals surface area contributed by atoms with Crippen LogP contribution in [-0.4, -0.2) is 61.1 Å². The van der Waals surface area contributed by atoms with E-state index in [1.54, 1.807) is 0 Å². The summed E-state index contributed by atoms with van der Waals surface area (Å²) < 4.78 is 0. The predicted molar refractivity (Wildman–Crippen MR) is 86.5 cm³/mol. The highest BCUT2D eigenvalue weighted by Gasteiger charge is 2.15. The minimum absolute atomic E-state index is 0.978. The second kappa shape index (κ2) is 8.08. The number of hydrogen-bond donors (Lipinski definition) is 1. The predicted octanol–water partition coefficient (Wildman–Crippen LogP) is 1.60. The summed E-state index contributed by atoms with van der Waals surface area (Å²) in [6.07, 6.45) is 2.15. The van der Waals surface area contributed by atoms with Crippen LogP contribution >= 0.6 is 11.3 Å². The molecule has 1 aromatic heterocycles. The molecule has 2 rings (SSSR count). The van der Waals surface area contributed by atoms with Gasteiger partial charge in [-0.05, 0) is 20.0 Å². The third kappa shape index (κ3) is 4.52. The summed E-state index contributed by atoms with van der Waals surface area (Å²) in [5.74, 6) is 0. The Balaban J connectivity index is 1.84. The standard InChI is InChI=1S/C15H28N4S/c1-4-13-14(12-16-5-2)20-15(17-13)6-7-19-10-8-18(3)9-11-19/h16H,4-12H2,1-3H3. The Morgan fingerprint density at radius 3 is 2.60 bits per heavy atom. The average molecular weight is 296 g/mol. The van der Waals surface area contributed by atoms with Crippen molar-refractivity contribution in [3.8, 4) is 0 Å². The molecule has 1 fully saturated rings. The molecular formula is C15H28N4S. The first-order valence-electron chi connectivity index (χ1n) is 7.82. The zero-order valence-electron chi connectivity index (χ0n) is 13.1. The van der Waals surface area contributed by atoms with Gasteiger partial charge < -0.3 is 15.1 Å². The van der Waals surface area contributed by atoms with Crippen LogP contribution in [0, 0.1) is 0 Å². The van der Waals surface area contributed by atoms with Crippen molar-refractivity contribution in [2.45, 2.75) is 33.2 Å². The van der Waals surface area contributed by atoms with E-state index in [1.807, 2.05) is 11.3 Å².